The molecule has 25 heavy (non-hydrogen) atoms. The van der Waals surface area contributed by atoms with Crippen molar-refractivity contribution in [2.75, 3.05) is 13.6 Å². The molecule has 0 aliphatic heterocycles. The highest BCUT2D eigenvalue weighted by molar-refractivity contribution is 5.76. The molecule has 134 valence electrons. The zero-order valence-electron chi connectivity index (χ0n) is 14.7. The van der Waals surface area contributed by atoms with Crippen LogP contribution in [0.25, 0.3) is 11.3 Å². The summed E-state index contributed by atoms with van der Waals surface area (Å²) in [6.07, 6.45) is 6.37. The Morgan fingerprint density at radius 1 is 1.28 bits per heavy atom. The van der Waals surface area contributed by atoms with Gasteiger partial charge in [0.1, 0.15) is 0 Å². The van der Waals surface area contributed by atoms with E-state index in [4.69, 9.17) is 4.42 Å². The average molecular weight is 342 g/mol. The topological polar surface area (TPSA) is 66.6 Å². The molecule has 3 rings (SSSR count). The maximum atomic E-state index is 12.3. The molecule has 1 aromatic heterocycles. The highest BCUT2D eigenvalue weighted by Crippen LogP contribution is 2.25. The Hall–Kier alpha value is -2.14. The lowest BCUT2D eigenvalue weighted by Crippen LogP contribution is -2.38. The molecule has 1 aliphatic rings. The Bertz CT molecular complexity index is 683. The van der Waals surface area contributed by atoms with Crippen LogP contribution in [0.2, 0.25) is 0 Å². The molecule has 1 N–H and O–H groups in total. The van der Waals surface area contributed by atoms with Crippen molar-refractivity contribution in [3.8, 4) is 11.3 Å². The molecule has 2 atom stereocenters. The van der Waals surface area contributed by atoms with E-state index in [0.29, 0.717) is 25.3 Å². The van der Waals surface area contributed by atoms with Crippen LogP contribution in [-0.4, -0.2) is 40.6 Å². The highest BCUT2D eigenvalue weighted by atomic mass is 16.4. The Kier molecular flexibility index (Phi) is 5.87. The van der Waals surface area contributed by atoms with E-state index in [1.165, 1.54) is 0 Å². The number of carbonyl (C=O) groups excluding carboxylic acids is 1. The van der Waals surface area contributed by atoms with Gasteiger partial charge in [-0.1, -0.05) is 43.2 Å². The minimum absolute atomic E-state index is 0.0669. The van der Waals surface area contributed by atoms with Gasteiger partial charge in [0, 0.05) is 37.9 Å². The van der Waals surface area contributed by atoms with Crippen LogP contribution in [0.1, 0.15) is 38.0 Å². The summed E-state index contributed by atoms with van der Waals surface area (Å²) in [5.41, 5.74) is 0.982. The van der Waals surface area contributed by atoms with E-state index < -0.39 is 0 Å². The Balaban J connectivity index is 1.49. The molecule has 1 heterocycles. The van der Waals surface area contributed by atoms with Crippen molar-refractivity contribution in [1.29, 1.82) is 0 Å². The van der Waals surface area contributed by atoms with E-state index >= 15 is 0 Å². The van der Waals surface area contributed by atoms with Crippen molar-refractivity contribution in [3.63, 3.8) is 0 Å². The number of carbonyl (C=O) groups is 1. The number of amides is 1. The first-order chi connectivity index (χ1) is 12.1. The summed E-state index contributed by atoms with van der Waals surface area (Å²) in [6.45, 7) is 0.626. The molecular weight excluding hydrogens is 316 g/mol. The van der Waals surface area contributed by atoms with Crippen LogP contribution in [0.5, 0.6) is 0 Å². The molecule has 1 amide bonds. The zero-order valence-corrected chi connectivity index (χ0v) is 14.7. The number of aliphatic hydroxyl groups is 1. The van der Waals surface area contributed by atoms with Gasteiger partial charge in [0.2, 0.25) is 5.91 Å². The Morgan fingerprint density at radius 3 is 2.80 bits per heavy atom. The van der Waals surface area contributed by atoms with Crippen LogP contribution in [-0.2, 0) is 11.2 Å². The van der Waals surface area contributed by atoms with Crippen molar-refractivity contribution in [1.82, 2.24) is 9.88 Å². The normalized spacial score (nSPS) is 20.4. The molecule has 1 aliphatic carbocycles. The van der Waals surface area contributed by atoms with Crippen molar-refractivity contribution < 1.29 is 14.3 Å². The van der Waals surface area contributed by atoms with E-state index in [1.54, 1.807) is 11.1 Å². The van der Waals surface area contributed by atoms with Crippen molar-refractivity contribution in [2.45, 2.75) is 44.6 Å². The van der Waals surface area contributed by atoms with Crippen LogP contribution in [0.3, 0.4) is 0 Å². The molecule has 1 fully saturated rings. The molecule has 0 radical (unpaired) electrons. The lowest BCUT2D eigenvalue weighted by atomic mass is 9.86. The average Bonchev–Trinajstić information content (AvgIpc) is 3.11. The van der Waals surface area contributed by atoms with Crippen LogP contribution in [0.4, 0.5) is 0 Å². The van der Waals surface area contributed by atoms with Gasteiger partial charge in [0.25, 0.3) is 0 Å². The third kappa shape index (κ3) is 4.69. The second kappa shape index (κ2) is 8.30. The van der Waals surface area contributed by atoms with Crippen LogP contribution < -0.4 is 0 Å². The molecular formula is C20H26N2O3. The predicted octanol–water partition coefficient (Wildman–Crippen LogP) is 3.28. The number of nitrogens with zero attached hydrogens (tertiary/aromatic N) is 2. The highest BCUT2D eigenvalue weighted by Gasteiger charge is 2.25. The number of oxazole rings is 1. The maximum absolute atomic E-state index is 12.3. The Labute approximate surface area is 148 Å². The number of aliphatic hydroxyl groups excluding tert-OH is 1. The van der Waals surface area contributed by atoms with Gasteiger partial charge in [0.05, 0.1) is 12.3 Å². The first-order valence-electron chi connectivity index (χ1n) is 9.05. The van der Waals surface area contributed by atoms with E-state index in [-0.39, 0.29) is 17.9 Å². The molecule has 1 saturated carbocycles. The SMILES string of the molecule is CN(CC1CCCCC1O)C(=O)CCc1ncc(-c2ccccc2)o1. The molecule has 2 aromatic rings. The van der Waals surface area contributed by atoms with Gasteiger partial charge in [-0.05, 0) is 12.8 Å². The second-order valence-corrected chi connectivity index (χ2v) is 6.87. The largest absolute Gasteiger partial charge is 0.441 e. The van der Waals surface area contributed by atoms with Gasteiger partial charge in [-0.15, -0.1) is 0 Å². The van der Waals surface area contributed by atoms with Gasteiger partial charge in [0.15, 0.2) is 11.7 Å². The molecule has 5 nitrogen and oxygen atoms in total. The molecule has 2 unspecified atom stereocenters. The molecule has 5 heteroatoms. The number of aromatic nitrogens is 1. The van der Waals surface area contributed by atoms with Gasteiger partial charge in [-0.2, -0.15) is 0 Å². The van der Waals surface area contributed by atoms with Crippen LogP contribution in [0, 0.1) is 5.92 Å². The minimum Gasteiger partial charge on any atom is -0.441 e. The number of benzene rings is 1. The summed E-state index contributed by atoms with van der Waals surface area (Å²) < 4.78 is 5.75. The number of hydrogen-bond donors (Lipinski definition) is 1. The summed E-state index contributed by atoms with van der Waals surface area (Å²) in [5, 5.41) is 10.1. The standard InChI is InChI=1S/C20H26N2O3/c1-22(14-16-9-5-6-10-17(16)23)20(24)12-11-19-21-13-18(25-19)15-7-3-2-4-8-15/h2-4,7-8,13,16-17,23H,5-6,9-12,14H2,1H3. The van der Waals surface area contributed by atoms with E-state index in [9.17, 15) is 9.90 Å². The summed E-state index contributed by atoms with van der Waals surface area (Å²) in [4.78, 5) is 18.4. The number of hydrogen-bond acceptors (Lipinski definition) is 4. The number of aryl methyl sites for hydroxylation is 1. The molecule has 0 spiro atoms. The third-order valence-electron chi connectivity index (χ3n) is 4.97. The summed E-state index contributed by atoms with van der Waals surface area (Å²) >= 11 is 0. The van der Waals surface area contributed by atoms with Crippen LogP contribution in [0.15, 0.2) is 40.9 Å². The molecule has 0 bridgehead atoms. The van der Waals surface area contributed by atoms with Crippen LogP contribution >= 0.6 is 0 Å². The van der Waals surface area contributed by atoms with E-state index in [1.807, 2.05) is 37.4 Å². The first kappa shape index (κ1) is 17.7. The zero-order chi connectivity index (χ0) is 17.6. The second-order valence-electron chi connectivity index (χ2n) is 6.87. The van der Waals surface area contributed by atoms with E-state index in [2.05, 4.69) is 4.98 Å². The summed E-state index contributed by atoms with van der Waals surface area (Å²) in [6, 6.07) is 9.81. The number of rotatable bonds is 6. The first-order valence-corrected chi connectivity index (χ1v) is 9.05. The lowest BCUT2D eigenvalue weighted by molar-refractivity contribution is -0.131. The fourth-order valence-electron chi connectivity index (χ4n) is 3.42. The predicted molar refractivity (Wildman–Crippen MR) is 95.9 cm³/mol. The minimum atomic E-state index is -0.274. The van der Waals surface area contributed by atoms with Gasteiger partial charge in [-0.25, -0.2) is 4.98 Å². The quantitative estimate of drug-likeness (QED) is 0.875. The van der Waals surface area contributed by atoms with Crippen molar-refractivity contribution in [2.24, 2.45) is 5.92 Å². The monoisotopic (exact) mass is 342 g/mol. The summed E-state index contributed by atoms with van der Waals surface area (Å²) in [5.74, 6) is 1.58. The van der Waals surface area contributed by atoms with Gasteiger partial charge < -0.3 is 14.4 Å². The van der Waals surface area contributed by atoms with Gasteiger partial charge in [-0.3, -0.25) is 4.79 Å². The fraction of sp³-hybridized carbons (Fsp3) is 0.500. The summed E-state index contributed by atoms with van der Waals surface area (Å²) in [7, 11) is 1.81. The molecule has 0 saturated heterocycles. The lowest BCUT2D eigenvalue weighted by Gasteiger charge is -2.31. The maximum Gasteiger partial charge on any atom is 0.222 e. The fourth-order valence-corrected chi connectivity index (χ4v) is 3.42. The van der Waals surface area contributed by atoms with E-state index in [0.717, 1.165) is 37.0 Å². The molecule has 1 aromatic carbocycles. The van der Waals surface area contributed by atoms with Crippen molar-refractivity contribution in [3.05, 3.63) is 42.4 Å². The Morgan fingerprint density at radius 2 is 2.04 bits per heavy atom. The van der Waals surface area contributed by atoms with Crippen molar-refractivity contribution >= 4 is 5.91 Å². The third-order valence-corrected chi connectivity index (χ3v) is 4.97. The smallest absolute Gasteiger partial charge is 0.222 e. The van der Waals surface area contributed by atoms with Gasteiger partial charge >= 0.3 is 0 Å².